The van der Waals surface area contributed by atoms with E-state index in [4.69, 9.17) is 4.74 Å². The third kappa shape index (κ3) is 4.07. The number of thiophene rings is 1. The van der Waals surface area contributed by atoms with Crippen LogP contribution in [0.3, 0.4) is 0 Å². The van der Waals surface area contributed by atoms with Crippen molar-refractivity contribution in [2.24, 2.45) is 0 Å². The molecule has 5 nitrogen and oxygen atoms in total. The summed E-state index contributed by atoms with van der Waals surface area (Å²) in [5.74, 6) is 1.56. The molecule has 0 aliphatic carbocycles. The molecular formula is C22H21N3O2S. The molecule has 2 heterocycles. The van der Waals surface area contributed by atoms with Gasteiger partial charge in [0.1, 0.15) is 24.7 Å². The van der Waals surface area contributed by atoms with Crippen LogP contribution in [0.15, 0.2) is 71.4 Å². The fraction of sp³-hybridized carbons (Fsp3) is 0.182. The highest BCUT2D eigenvalue weighted by molar-refractivity contribution is 7.07. The summed E-state index contributed by atoms with van der Waals surface area (Å²) in [7, 11) is 1.83. The molecule has 0 fully saturated rings. The van der Waals surface area contributed by atoms with E-state index in [0.717, 1.165) is 28.2 Å². The zero-order valence-corrected chi connectivity index (χ0v) is 16.4. The molecule has 0 saturated carbocycles. The van der Waals surface area contributed by atoms with E-state index in [0.29, 0.717) is 13.2 Å². The maximum absolute atomic E-state index is 12.8. The number of likely N-dealkylation sites (N-methyl/N-ethyl adjacent to an activating group) is 1. The number of amides is 1. The zero-order valence-electron chi connectivity index (χ0n) is 15.6. The molecule has 28 heavy (non-hydrogen) atoms. The van der Waals surface area contributed by atoms with Crippen LogP contribution in [0, 0.1) is 0 Å². The van der Waals surface area contributed by atoms with E-state index in [1.54, 1.807) is 16.2 Å². The molecule has 0 saturated heterocycles. The maximum atomic E-state index is 12.8. The Kier molecular flexibility index (Phi) is 5.39. The molecule has 6 heteroatoms. The van der Waals surface area contributed by atoms with Crippen molar-refractivity contribution in [3.63, 3.8) is 0 Å². The fourth-order valence-electron chi connectivity index (χ4n) is 3.08. The Morgan fingerprint density at radius 3 is 2.68 bits per heavy atom. The summed E-state index contributed by atoms with van der Waals surface area (Å²) in [4.78, 5) is 19.3. The van der Waals surface area contributed by atoms with Gasteiger partial charge in [0.2, 0.25) is 5.91 Å². The van der Waals surface area contributed by atoms with Crippen molar-refractivity contribution in [2.75, 3.05) is 7.05 Å². The van der Waals surface area contributed by atoms with Crippen molar-refractivity contribution in [3.05, 3.63) is 82.8 Å². The fourth-order valence-corrected chi connectivity index (χ4v) is 3.74. The lowest BCUT2D eigenvalue weighted by atomic mass is 10.3. The highest BCUT2D eigenvalue weighted by Gasteiger charge is 2.17. The number of hydrogen-bond acceptors (Lipinski definition) is 4. The normalized spacial score (nSPS) is 10.9. The maximum Gasteiger partial charge on any atom is 0.242 e. The largest absolute Gasteiger partial charge is 0.486 e. The van der Waals surface area contributed by atoms with Gasteiger partial charge in [-0.2, -0.15) is 11.3 Å². The van der Waals surface area contributed by atoms with Crippen LogP contribution < -0.4 is 4.74 Å². The Hall–Kier alpha value is -3.12. The minimum atomic E-state index is 0.0373. The second-order valence-corrected chi connectivity index (χ2v) is 7.37. The number of rotatable bonds is 7. The van der Waals surface area contributed by atoms with E-state index in [-0.39, 0.29) is 12.5 Å². The summed E-state index contributed by atoms with van der Waals surface area (Å²) in [6.45, 7) is 1.14. The lowest BCUT2D eigenvalue weighted by Gasteiger charge is -2.18. The lowest BCUT2D eigenvalue weighted by Crippen LogP contribution is -2.30. The van der Waals surface area contributed by atoms with Crippen LogP contribution in [0.25, 0.3) is 11.0 Å². The third-order valence-corrected chi connectivity index (χ3v) is 5.30. The summed E-state index contributed by atoms with van der Waals surface area (Å²) in [5, 5.41) is 4.09. The van der Waals surface area contributed by atoms with Gasteiger partial charge in [-0.1, -0.05) is 30.3 Å². The predicted molar refractivity (Wildman–Crippen MR) is 111 cm³/mol. The van der Waals surface area contributed by atoms with Crippen molar-refractivity contribution in [2.45, 2.75) is 19.7 Å². The molecule has 0 bridgehead atoms. The first-order chi connectivity index (χ1) is 13.7. The molecule has 0 atom stereocenters. The number of hydrogen-bond donors (Lipinski definition) is 0. The van der Waals surface area contributed by atoms with Gasteiger partial charge in [0, 0.05) is 13.6 Å². The van der Waals surface area contributed by atoms with E-state index in [1.165, 1.54) is 0 Å². The van der Waals surface area contributed by atoms with Gasteiger partial charge in [-0.15, -0.1) is 0 Å². The smallest absolute Gasteiger partial charge is 0.242 e. The summed E-state index contributed by atoms with van der Waals surface area (Å²) >= 11 is 1.64. The third-order valence-electron chi connectivity index (χ3n) is 4.56. The SMILES string of the molecule is CN(Cc1ccsc1)C(=O)Cn1c(COc2ccccc2)nc2ccccc21. The Morgan fingerprint density at radius 2 is 1.89 bits per heavy atom. The molecule has 0 radical (unpaired) electrons. The molecule has 142 valence electrons. The Balaban J connectivity index is 1.55. The average Bonchev–Trinajstić information content (AvgIpc) is 3.35. The highest BCUT2D eigenvalue weighted by Crippen LogP contribution is 2.19. The van der Waals surface area contributed by atoms with Gasteiger partial charge in [0.05, 0.1) is 11.0 Å². The number of carbonyl (C=O) groups is 1. The van der Waals surface area contributed by atoms with Gasteiger partial charge in [-0.25, -0.2) is 4.98 Å². The standard InChI is InChI=1S/C22H21N3O2S/c1-24(13-17-11-12-28-16-17)22(26)14-25-20-10-6-5-9-19(20)23-21(25)15-27-18-7-3-2-4-8-18/h2-12,16H,13-15H2,1H3. The average molecular weight is 391 g/mol. The topological polar surface area (TPSA) is 47.4 Å². The van der Waals surface area contributed by atoms with E-state index in [9.17, 15) is 4.79 Å². The summed E-state index contributed by atoms with van der Waals surface area (Å²) in [5.41, 5.74) is 2.94. The van der Waals surface area contributed by atoms with Gasteiger partial charge in [-0.05, 0) is 46.7 Å². The Morgan fingerprint density at radius 1 is 1.11 bits per heavy atom. The lowest BCUT2D eigenvalue weighted by molar-refractivity contribution is -0.131. The zero-order chi connectivity index (χ0) is 19.3. The summed E-state index contributed by atoms with van der Waals surface area (Å²) in [6.07, 6.45) is 0. The molecule has 0 N–H and O–H groups in total. The number of fused-ring (bicyclic) bond motifs is 1. The van der Waals surface area contributed by atoms with Crippen LogP contribution >= 0.6 is 11.3 Å². The number of imidazole rings is 1. The molecular weight excluding hydrogens is 370 g/mol. The van der Waals surface area contributed by atoms with Gasteiger partial charge < -0.3 is 14.2 Å². The van der Waals surface area contributed by atoms with E-state index < -0.39 is 0 Å². The van der Waals surface area contributed by atoms with Crippen molar-refractivity contribution in [3.8, 4) is 5.75 Å². The molecule has 1 amide bonds. The van der Waals surface area contributed by atoms with E-state index in [2.05, 4.69) is 10.4 Å². The summed E-state index contributed by atoms with van der Waals surface area (Å²) < 4.78 is 7.83. The molecule has 4 aromatic rings. The van der Waals surface area contributed by atoms with Crippen LogP contribution in [-0.2, 0) is 24.5 Å². The predicted octanol–water partition coefficient (Wildman–Crippen LogP) is 4.34. The van der Waals surface area contributed by atoms with Crippen LogP contribution in [0.1, 0.15) is 11.4 Å². The first-order valence-corrected chi connectivity index (χ1v) is 10.0. The number of carbonyl (C=O) groups excluding carboxylic acids is 1. The molecule has 0 spiro atoms. The first kappa shape index (κ1) is 18.3. The number of nitrogens with zero attached hydrogens (tertiary/aromatic N) is 3. The van der Waals surface area contributed by atoms with Crippen molar-refractivity contribution >= 4 is 28.3 Å². The van der Waals surface area contributed by atoms with E-state index >= 15 is 0 Å². The number of ether oxygens (including phenoxy) is 1. The van der Waals surface area contributed by atoms with Gasteiger partial charge in [-0.3, -0.25) is 4.79 Å². The Labute approximate surface area is 167 Å². The van der Waals surface area contributed by atoms with Crippen LogP contribution in [0.4, 0.5) is 0 Å². The molecule has 0 aliphatic rings. The number of para-hydroxylation sites is 3. The number of aromatic nitrogens is 2. The highest BCUT2D eigenvalue weighted by atomic mass is 32.1. The monoisotopic (exact) mass is 391 g/mol. The molecule has 2 aromatic heterocycles. The molecule has 4 rings (SSSR count). The second kappa shape index (κ2) is 8.27. The Bertz CT molecular complexity index is 1060. The van der Waals surface area contributed by atoms with Gasteiger partial charge in [0.25, 0.3) is 0 Å². The molecule has 0 aliphatic heterocycles. The number of benzene rings is 2. The van der Waals surface area contributed by atoms with E-state index in [1.807, 2.05) is 77.7 Å². The van der Waals surface area contributed by atoms with Gasteiger partial charge >= 0.3 is 0 Å². The van der Waals surface area contributed by atoms with Crippen molar-refractivity contribution in [1.29, 1.82) is 0 Å². The quantitative estimate of drug-likeness (QED) is 0.471. The minimum absolute atomic E-state index is 0.0373. The summed E-state index contributed by atoms with van der Waals surface area (Å²) in [6, 6.07) is 19.5. The van der Waals surface area contributed by atoms with Crippen molar-refractivity contribution < 1.29 is 9.53 Å². The molecule has 2 aromatic carbocycles. The van der Waals surface area contributed by atoms with Crippen molar-refractivity contribution in [1.82, 2.24) is 14.5 Å². The van der Waals surface area contributed by atoms with Gasteiger partial charge in [0.15, 0.2) is 0 Å². The van der Waals surface area contributed by atoms with Crippen LogP contribution in [0.5, 0.6) is 5.75 Å². The first-order valence-electron chi connectivity index (χ1n) is 9.08. The second-order valence-electron chi connectivity index (χ2n) is 6.59. The molecule has 0 unspecified atom stereocenters. The van der Waals surface area contributed by atoms with Crippen LogP contribution in [-0.4, -0.2) is 27.4 Å². The minimum Gasteiger partial charge on any atom is -0.486 e. The van der Waals surface area contributed by atoms with Crippen LogP contribution in [0.2, 0.25) is 0 Å².